The second kappa shape index (κ2) is 10.2. The minimum absolute atomic E-state index is 0.0291. The number of aldehydes is 1. The number of fused-ring (bicyclic) bond motifs is 1. The Labute approximate surface area is 181 Å². The quantitative estimate of drug-likeness (QED) is 0.464. The van der Waals surface area contributed by atoms with Crippen LogP contribution in [0.2, 0.25) is 0 Å². The molecule has 0 aliphatic carbocycles. The van der Waals surface area contributed by atoms with Crippen LogP contribution in [0.5, 0.6) is 5.75 Å². The average molecular weight is 445 g/mol. The van der Waals surface area contributed by atoms with Gasteiger partial charge in [-0.3, -0.25) is 9.78 Å². The Balaban J connectivity index is 0.000000427. The summed E-state index contributed by atoms with van der Waals surface area (Å²) in [5.41, 5.74) is 1.67. The van der Waals surface area contributed by atoms with Gasteiger partial charge in [0, 0.05) is 23.3 Å². The Bertz CT molecular complexity index is 1140. The number of nitriles is 1. The van der Waals surface area contributed by atoms with Gasteiger partial charge in [-0.05, 0) is 67.2 Å². The van der Waals surface area contributed by atoms with Gasteiger partial charge in [0.05, 0.1) is 5.56 Å². The number of pyridine rings is 1. The summed E-state index contributed by atoms with van der Waals surface area (Å²) in [7, 11) is 0. The van der Waals surface area contributed by atoms with Gasteiger partial charge in [0.15, 0.2) is 0 Å². The number of alkyl halides is 3. The van der Waals surface area contributed by atoms with E-state index in [0.29, 0.717) is 0 Å². The average Bonchev–Trinajstić information content (AvgIpc) is 2.80. The lowest BCUT2D eigenvalue weighted by atomic mass is 9.96. The van der Waals surface area contributed by atoms with Gasteiger partial charge in [-0.1, -0.05) is 6.07 Å². The Morgan fingerprint density at radius 1 is 1.16 bits per heavy atom. The molecule has 2 aromatic carbocycles. The SMILES string of the molecule is N#Cc1cc(-c2c(OC3CCNCC3)ccc3cnccc23)ccc1F.O=CC(F)(F)F. The molecule has 0 saturated carbocycles. The maximum atomic E-state index is 13.8. The monoisotopic (exact) mass is 445 g/mol. The summed E-state index contributed by atoms with van der Waals surface area (Å²) in [4.78, 5) is 12.9. The minimum Gasteiger partial charge on any atom is -0.490 e. The zero-order valence-corrected chi connectivity index (χ0v) is 16.8. The molecule has 0 unspecified atom stereocenters. The molecule has 2 heterocycles. The Morgan fingerprint density at radius 2 is 1.88 bits per heavy atom. The molecule has 0 radical (unpaired) electrons. The Morgan fingerprint density at radius 3 is 2.53 bits per heavy atom. The highest BCUT2D eigenvalue weighted by molar-refractivity contribution is 5.99. The van der Waals surface area contributed by atoms with Crippen molar-refractivity contribution in [3.8, 4) is 22.9 Å². The fourth-order valence-electron chi connectivity index (χ4n) is 3.40. The standard InChI is InChI=1S/C21H18FN3O.C2HF3O/c22-19-3-1-14(11-16(19)12-23)21-18-7-10-25-13-15(18)2-4-20(21)26-17-5-8-24-9-6-17;3-2(4,5)1-6/h1-4,7,10-11,13,17,24H,5-6,8-9H2;1H. The molecule has 1 saturated heterocycles. The molecular formula is C23H19F4N3O2. The molecule has 166 valence electrons. The van der Waals surface area contributed by atoms with Crippen LogP contribution in [-0.4, -0.2) is 36.6 Å². The lowest BCUT2D eigenvalue weighted by molar-refractivity contribution is -0.156. The van der Waals surface area contributed by atoms with Crippen molar-refractivity contribution >= 4 is 17.1 Å². The normalized spacial score (nSPS) is 14.2. The van der Waals surface area contributed by atoms with Crippen molar-refractivity contribution in [3.63, 3.8) is 0 Å². The molecule has 1 aromatic heterocycles. The van der Waals surface area contributed by atoms with Crippen molar-refractivity contribution in [1.29, 1.82) is 5.26 Å². The van der Waals surface area contributed by atoms with Crippen LogP contribution in [0.15, 0.2) is 48.8 Å². The molecular weight excluding hydrogens is 426 g/mol. The summed E-state index contributed by atoms with van der Waals surface area (Å²) in [6.07, 6.45) is -0.143. The maximum absolute atomic E-state index is 13.8. The van der Waals surface area contributed by atoms with E-state index in [-0.39, 0.29) is 11.7 Å². The van der Waals surface area contributed by atoms with E-state index in [1.165, 1.54) is 6.07 Å². The molecule has 0 bridgehead atoms. The van der Waals surface area contributed by atoms with E-state index < -0.39 is 18.3 Å². The molecule has 1 fully saturated rings. The molecule has 0 spiro atoms. The van der Waals surface area contributed by atoms with Crippen LogP contribution in [0.25, 0.3) is 21.9 Å². The summed E-state index contributed by atoms with van der Waals surface area (Å²) in [6.45, 7) is 1.87. The number of nitrogens with zero attached hydrogens (tertiary/aromatic N) is 2. The van der Waals surface area contributed by atoms with E-state index in [4.69, 9.17) is 9.53 Å². The molecule has 1 aliphatic heterocycles. The highest BCUT2D eigenvalue weighted by atomic mass is 19.4. The van der Waals surface area contributed by atoms with Crippen molar-refractivity contribution < 1.29 is 27.1 Å². The van der Waals surface area contributed by atoms with E-state index in [2.05, 4.69) is 10.3 Å². The number of nitrogens with one attached hydrogen (secondary N) is 1. The largest absolute Gasteiger partial charge is 0.490 e. The number of halogens is 4. The second-order valence-electron chi connectivity index (χ2n) is 7.07. The van der Waals surface area contributed by atoms with Gasteiger partial charge in [-0.15, -0.1) is 0 Å². The molecule has 9 heteroatoms. The number of hydrogen-bond acceptors (Lipinski definition) is 5. The number of aromatic nitrogens is 1. The zero-order chi connectivity index (χ0) is 23.1. The predicted molar refractivity (Wildman–Crippen MR) is 110 cm³/mol. The molecule has 5 nitrogen and oxygen atoms in total. The molecule has 1 N–H and O–H groups in total. The third kappa shape index (κ3) is 5.80. The molecule has 0 atom stereocenters. The van der Waals surface area contributed by atoms with Crippen LogP contribution in [-0.2, 0) is 4.79 Å². The fraction of sp³-hybridized carbons (Fsp3) is 0.261. The third-order valence-electron chi connectivity index (χ3n) is 4.87. The number of hydrogen-bond donors (Lipinski definition) is 1. The van der Waals surface area contributed by atoms with Crippen molar-refractivity contribution in [2.75, 3.05) is 13.1 Å². The number of carbonyl (C=O) groups excluding carboxylic acids is 1. The summed E-state index contributed by atoms with van der Waals surface area (Å²) >= 11 is 0. The first-order chi connectivity index (χ1) is 15.3. The molecule has 1 aliphatic rings. The predicted octanol–water partition coefficient (Wildman–Crippen LogP) is 4.79. The van der Waals surface area contributed by atoms with Crippen LogP contribution >= 0.6 is 0 Å². The summed E-state index contributed by atoms with van der Waals surface area (Å²) in [6, 6.07) is 12.4. The topological polar surface area (TPSA) is 75.0 Å². The third-order valence-corrected chi connectivity index (χ3v) is 4.87. The molecule has 0 amide bonds. The lowest BCUT2D eigenvalue weighted by Crippen LogP contribution is -2.34. The van der Waals surface area contributed by atoms with Gasteiger partial charge in [0.25, 0.3) is 0 Å². The van der Waals surface area contributed by atoms with Gasteiger partial charge in [-0.2, -0.15) is 18.4 Å². The van der Waals surface area contributed by atoms with Crippen molar-refractivity contribution in [3.05, 3.63) is 60.2 Å². The first kappa shape index (κ1) is 23.2. The van der Waals surface area contributed by atoms with Crippen LogP contribution in [0.4, 0.5) is 17.6 Å². The van der Waals surface area contributed by atoms with E-state index in [1.54, 1.807) is 24.5 Å². The number of piperidine rings is 1. The van der Waals surface area contributed by atoms with E-state index in [1.807, 2.05) is 24.3 Å². The van der Waals surface area contributed by atoms with Gasteiger partial charge in [0.2, 0.25) is 6.29 Å². The summed E-state index contributed by atoms with van der Waals surface area (Å²) in [5, 5.41) is 14.5. The second-order valence-corrected chi connectivity index (χ2v) is 7.07. The number of carbonyl (C=O) groups is 1. The van der Waals surface area contributed by atoms with Crippen molar-refractivity contribution in [2.24, 2.45) is 0 Å². The van der Waals surface area contributed by atoms with E-state index >= 15 is 0 Å². The maximum Gasteiger partial charge on any atom is 0.446 e. The van der Waals surface area contributed by atoms with Crippen molar-refractivity contribution in [2.45, 2.75) is 25.1 Å². The number of benzene rings is 2. The molecule has 3 aromatic rings. The fourth-order valence-corrected chi connectivity index (χ4v) is 3.40. The zero-order valence-electron chi connectivity index (χ0n) is 16.8. The minimum atomic E-state index is -4.64. The van der Waals surface area contributed by atoms with Crippen molar-refractivity contribution in [1.82, 2.24) is 10.3 Å². The first-order valence-corrected chi connectivity index (χ1v) is 9.79. The van der Waals surface area contributed by atoms with Gasteiger partial charge in [-0.25, -0.2) is 4.39 Å². The Hall–Kier alpha value is -3.51. The summed E-state index contributed by atoms with van der Waals surface area (Å²) in [5.74, 6) is 0.241. The van der Waals surface area contributed by atoms with E-state index in [0.717, 1.165) is 53.6 Å². The van der Waals surface area contributed by atoms with Gasteiger partial charge >= 0.3 is 6.18 Å². The summed E-state index contributed by atoms with van der Waals surface area (Å²) < 4.78 is 51.4. The highest BCUT2D eigenvalue weighted by Crippen LogP contribution is 2.38. The Kier molecular flexibility index (Phi) is 7.38. The molecule has 4 rings (SSSR count). The van der Waals surface area contributed by atoms with E-state index in [9.17, 15) is 22.8 Å². The smallest absolute Gasteiger partial charge is 0.446 e. The van der Waals surface area contributed by atoms with Gasteiger partial charge in [0.1, 0.15) is 23.7 Å². The van der Waals surface area contributed by atoms with Crippen LogP contribution < -0.4 is 10.1 Å². The lowest BCUT2D eigenvalue weighted by Gasteiger charge is -2.25. The number of ether oxygens (including phenoxy) is 1. The van der Waals surface area contributed by atoms with Crippen LogP contribution in [0.3, 0.4) is 0 Å². The number of rotatable bonds is 3. The van der Waals surface area contributed by atoms with Crippen LogP contribution in [0, 0.1) is 17.1 Å². The van der Waals surface area contributed by atoms with Gasteiger partial charge < -0.3 is 10.1 Å². The molecule has 32 heavy (non-hydrogen) atoms. The first-order valence-electron chi connectivity index (χ1n) is 9.79. The van der Waals surface area contributed by atoms with Crippen LogP contribution in [0.1, 0.15) is 18.4 Å². The highest BCUT2D eigenvalue weighted by Gasteiger charge is 2.25.